The fraction of sp³-hybridized carbons (Fsp3) is 0.467. The molecule has 0 spiro atoms. The van der Waals surface area contributed by atoms with Crippen molar-refractivity contribution in [2.75, 3.05) is 25.0 Å². The van der Waals surface area contributed by atoms with Gasteiger partial charge in [0.2, 0.25) is 0 Å². The van der Waals surface area contributed by atoms with Crippen molar-refractivity contribution < 1.29 is 5.11 Å². The Morgan fingerprint density at radius 3 is 3.00 bits per heavy atom. The second-order valence-electron chi connectivity index (χ2n) is 5.36. The van der Waals surface area contributed by atoms with E-state index in [9.17, 15) is 5.11 Å². The van der Waals surface area contributed by atoms with Gasteiger partial charge in [-0.3, -0.25) is 9.88 Å². The molecule has 1 atom stereocenters. The summed E-state index contributed by atoms with van der Waals surface area (Å²) in [6.07, 6.45) is 7.11. The van der Waals surface area contributed by atoms with Crippen LogP contribution in [0, 0.1) is 6.92 Å². The Morgan fingerprint density at radius 2 is 2.23 bits per heavy atom. The van der Waals surface area contributed by atoms with Crippen LogP contribution in [0.25, 0.3) is 0 Å². The smallest absolute Gasteiger partial charge is 0.150 e. The Labute approximate surface area is 129 Å². The molecule has 3 heterocycles. The van der Waals surface area contributed by atoms with Gasteiger partial charge in [-0.25, -0.2) is 15.0 Å². The molecule has 0 amide bonds. The van der Waals surface area contributed by atoms with Crippen LogP contribution in [0.5, 0.6) is 0 Å². The number of nitrogens with zero attached hydrogens (tertiary/aromatic N) is 5. The molecule has 7 nitrogen and oxygen atoms in total. The van der Waals surface area contributed by atoms with Crippen LogP contribution >= 0.6 is 0 Å². The van der Waals surface area contributed by atoms with E-state index in [1.54, 1.807) is 18.6 Å². The first kappa shape index (κ1) is 14.8. The summed E-state index contributed by atoms with van der Waals surface area (Å²) in [5.74, 6) is 2.10. The molecule has 7 heteroatoms. The van der Waals surface area contributed by atoms with E-state index < -0.39 is 0 Å². The summed E-state index contributed by atoms with van der Waals surface area (Å²) in [4.78, 5) is 19.5. The lowest BCUT2D eigenvalue weighted by Crippen LogP contribution is -2.27. The Hall–Kier alpha value is -2.12. The van der Waals surface area contributed by atoms with Gasteiger partial charge in [-0.1, -0.05) is 0 Å². The number of anilines is 2. The van der Waals surface area contributed by atoms with Crippen molar-refractivity contribution in [1.82, 2.24) is 24.8 Å². The van der Waals surface area contributed by atoms with Gasteiger partial charge in [-0.15, -0.1) is 0 Å². The number of nitrogens with one attached hydrogen (secondary N) is 1. The number of β-amino-alcohol motifs (C(OH)–C–C–N with tert-alkyl or cyclic N) is 1. The van der Waals surface area contributed by atoms with E-state index in [1.165, 1.54) is 0 Å². The molecule has 2 aromatic rings. The lowest BCUT2D eigenvalue weighted by molar-refractivity contribution is 0.183. The maximum Gasteiger partial charge on any atom is 0.150 e. The summed E-state index contributed by atoms with van der Waals surface area (Å²) >= 11 is 0. The minimum absolute atomic E-state index is 0.172. The molecule has 2 aromatic heterocycles. The monoisotopic (exact) mass is 300 g/mol. The number of aromatic nitrogens is 4. The van der Waals surface area contributed by atoms with Crippen molar-refractivity contribution in [3.63, 3.8) is 0 Å². The number of aryl methyl sites for hydroxylation is 1. The van der Waals surface area contributed by atoms with Gasteiger partial charge in [-0.05, 0) is 26.3 Å². The third-order valence-corrected chi connectivity index (χ3v) is 3.77. The topological polar surface area (TPSA) is 87.1 Å². The van der Waals surface area contributed by atoms with E-state index in [2.05, 4.69) is 30.2 Å². The highest BCUT2D eigenvalue weighted by atomic mass is 16.3. The molecule has 116 valence electrons. The third-order valence-electron chi connectivity index (χ3n) is 3.77. The van der Waals surface area contributed by atoms with Crippen LogP contribution in [0.1, 0.15) is 30.4 Å². The summed E-state index contributed by atoms with van der Waals surface area (Å²) in [6.45, 7) is 3.74. The van der Waals surface area contributed by atoms with Crippen LogP contribution in [0.15, 0.2) is 24.7 Å². The molecule has 1 aliphatic rings. The van der Waals surface area contributed by atoms with Gasteiger partial charge in [0, 0.05) is 25.0 Å². The van der Waals surface area contributed by atoms with Gasteiger partial charge in [0.15, 0.2) is 0 Å². The highest BCUT2D eigenvalue weighted by Crippen LogP contribution is 2.31. The van der Waals surface area contributed by atoms with E-state index in [4.69, 9.17) is 0 Å². The van der Waals surface area contributed by atoms with Crippen LogP contribution in [-0.4, -0.2) is 49.6 Å². The van der Waals surface area contributed by atoms with Gasteiger partial charge in [-0.2, -0.15) is 0 Å². The highest BCUT2D eigenvalue weighted by molar-refractivity contribution is 5.50. The molecule has 3 rings (SSSR count). The van der Waals surface area contributed by atoms with Crippen LogP contribution in [0.4, 0.5) is 11.6 Å². The number of likely N-dealkylation sites (tertiary alicyclic amines) is 1. The fourth-order valence-electron chi connectivity index (χ4n) is 2.88. The fourth-order valence-corrected chi connectivity index (χ4v) is 2.88. The molecule has 1 fully saturated rings. The molecule has 1 unspecified atom stereocenters. The molecule has 1 saturated heterocycles. The quantitative estimate of drug-likeness (QED) is 0.864. The molecule has 0 aliphatic carbocycles. The largest absolute Gasteiger partial charge is 0.395 e. The molecular formula is C15H20N6O. The van der Waals surface area contributed by atoms with Crippen molar-refractivity contribution in [2.24, 2.45) is 0 Å². The molecule has 0 saturated carbocycles. The van der Waals surface area contributed by atoms with E-state index in [1.807, 2.05) is 13.0 Å². The lowest BCUT2D eigenvalue weighted by atomic mass is 10.1. The second-order valence-corrected chi connectivity index (χ2v) is 5.36. The van der Waals surface area contributed by atoms with Gasteiger partial charge in [0.1, 0.15) is 17.5 Å². The molecular weight excluding hydrogens is 280 g/mol. The minimum atomic E-state index is 0.172. The summed E-state index contributed by atoms with van der Waals surface area (Å²) in [5.41, 5.74) is 0.991. The zero-order valence-corrected chi connectivity index (χ0v) is 12.6. The van der Waals surface area contributed by atoms with Crippen LogP contribution in [0.2, 0.25) is 0 Å². The second kappa shape index (κ2) is 6.76. The summed E-state index contributed by atoms with van der Waals surface area (Å²) in [7, 11) is 0. The Morgan fingerprint density at radius 1 is 1.32 bits per heavy atom. The van der Waals surface area contributed by atoms with Crippen molar-refractivity contribution in [3.05, 3.63) is 36.2 Å². The van der Waals surface area contributed by atoms with E-state index in [0.717, 1.165) is 36.7 Å². The van der Waals surface area contributed by atoms with Crippen molar-refractivity contribution in [3.8, 4) is 0 Å². The van der Waals surface area contributed by atoms with Gasteiger partial charge in [0.25, 0.3) is 0 Å². The number of aliphatic hydroxyl groups excluding tert-OH is 1. The van der Waals surface area contributed by atoms with E-state index in [0.29, 0.717) is 12.4 Å². The zero-order chi connectivity index (χ0) is 15.4. The van der Waals surface area contributed by atoms with Crippen molar-refractivity contribution >= 4 is 11.6 Å². The molecule has 0 radical (unpaired) electrons. The maximum atomic E-state index is 9.19. The first-order valence-corrected chi connectivity index (χ1v) is 7.50. The molecule has 0 bridgehead atoms. The zero-order valence-electron chi connectivity index (χ0n) is 12.6. The Kier molecular flexibility index (Phi) is 4.55. The predicted octanol–water partition coefficient (Wildman–Crippen LogP) is 1.45. The van der Waals surface area contributed by atoms with Crippen LogP contribution < -0.4 is 5.32 Å². The molecule has 0 aromatic carbocycles. The minimum Gasteiger partial charge on any atom is -0.395 e. The average Bonchev–Trinajstić information content (AvgIpc) is 2.96. The van der Waals surface area contributed by atoms with E-state index >= 15 is 0 Å². The number of rotatable bonds is 5. The summed E-state index contributed by atoms with van der Waals surface area (Å²) in [6, 6.07) is 2.21. The standard InChI is InChI=1S/C15H20N6O/c1-11-18-12(13-3-2-6-21(13)7-8-22)9-14(19-11)20-15-10-16-4-5-17-15/h4-5,9-10,13,22H,2-3,6-8H2,1H3,(H,17,18,19,20). The molecule has 1 aliphatic heterocycles. The van der Waals surface area contributed by atoms with Crippen LogP contribution in [-0.2, 0) is 0 Å². The van der Waals surface area contributed by atoms with E-state index in [-0.39, 0.29) is 12.6 Å². The Bertz CT molecular complexity index is 621. The number of hydrogen-bond donors (Lipinski definition) is 2. The highest BCUT2D eigenvalue weighted by Gasteiger charge is 2.27. The van der Waals surface area contributed by atoms with Crippen molar-refractivity contribution in [1.29, 1.82) is 0 Å². The number of hydrogen-bond acceptors (Lipinski definition) is 7. The Balaban J connectivity index is 1.83. The summed E-state index contributed by atoms with van der Waals surface area (Å²) < 4.78 is 0. The van der Waals surface area contributed by atoms with Gasteiger partial charge >= 0.3 is 0 Å². The maximum absolute atomic E-state index is 9.19. The SMILES string of the molecule is Cc1nc(Nc2cnccn2)cc(C2CCCN2CCO)n1. The first-order valence-electron chi connectivity index (χ1n) is 7.50. The van der Waals surface area contributed by atoms with Crippen molar-refractivity contribution in [2.45, 2.75) is 25.8 Å². The third kappa shape index (κ3) is 3.37. The predicted molar refractivity (Wildman–Crippen MR) is 82.7 cm³/mol. The normalized spacial score (nSPS) is 18.5. The molecule has 2 N–H and O–H groups in total. The summed E-state index contributed by atoms with van der Waals surface area (Å²) in [5, 5.41) is 12.4. The van der Waals surface area contributed by atoms with Gasteiger partial charge < -0.3 is 10.4 Å². The van der Waals surface area contributed by atoms with Gasteiger partial charge in [0.05, 0.1) is 24.5 Å². The average molecular weight is 300 g/mol. The van der Waals surface area contributed by atoms with Crippen LogP contribution in [0.3, 0.4) is 0 Å². The molecule has 22 heavy (non-hydrogen) atoms. The number of aliphatic hydroxyl groups is 1. The first-order chi connectivity index (χ1) is 10.8. The lowest BCUT2D eigenvalue weighted by Gasteiger charge is -2.23.